The highest BCUT2D eigenvalue weighted by Crippen LogP contribution is 2.22. The lowest BCUT2D eigenvalue weighted by Gasteiger charge is -2.15. The zero-order chi connectivity index (χ0) is 27.9. The highest BCUT2D eigenvalue weighted by molar-refractivity contribution is 7.92. The highest BCUT2D eigenvalue weighted by Gasteiger charge is 2.19. The number of aromatic nitrogens is 2. The number of methoxy groups -OCH3 is 2. The van der Waals surface area contributed by atoms with Gasteiger partial charge >= 0.3 is 6.01 Å². The Kier molecular flexibility index (Phi) is 9.59. The minimum absolute atomic E-state index is 0.0101. The van der Waals surface area contributed by atoms with E-state index in [-0.39, 0.29) is 33.6 Å². The van der Waals surface area contributed by atoms with Gasteiger partial charge < -0.3 is 20.1 Å². The minimum atomic E-state index is -3.96. The number of anilines is 2. The Balaban J connectivity index is 1.60. The standard InChI is InChI=1S/C26H31N5O5S2/c1-16(2)14-18-6-8-19(9-7-18)17(3)24(32)30-26(37)27-20-10-12-21(13-11-20)38(33,34)31-22-15-23(35-4)29-25(28-22)36-5/h6-13,15-17H,14H2,1-5H3,(H,28,29,31)(H2,27,30,32,37). The first-order chi connectivity index (χ1) is 18.0. The summed E-state index contributed by atoms with van der Waals surface area (Å²) in [5, 5.41) is 5.69. The van der Waals surface area contributed by atoms with Crippen LogP contribution in [0.1, 0.15) is 37.8 Å². The zero-order valence-corrected chi connectivity index (χ0v) is 23.4. The summed E-state index contributed by atoms with van der Waals surface area (Å²) in [5.41, 5.74) is 2.62. The first-order valence-corrected chi connectivity index (χ1v) is 13.7. The molecule has 0 saturated heterocycles. The average molecular weight is 558 g/mol. The molecule has 38 heavy (non-hydrogen) atoms. The number of rotatable bonds is 10. The van der Waals surface area contributed by atoms with Crippen molar-refractivity contribution < 1.29 is 22.7 Å². The van der Waals surface area contributed by atoms with Gasteiger partial charge in [-0.05, 0) is 66.9 Å². The van der Waals surface area contributed by atoms with Crippen LogP contribution in [0.15, 0.2) is 59.5 Å². The molecule has 1 amide bonds. The molecule has 3 aromatic rings. The molecule has 0 aliphatic rings. The molecule has 0 spiro atoms. The van der Waals surface area contributed by atoms with E-state index in [1.165, 1.54) is 50.1 Å². The van der Waals surface area contributed by atoms with E-state index in [4.69, 9.17) is 21.7 Å². The van der Waals surface area contributed by atoms with E-state index >= 15 is 0 Å². The third-order valence-corrected chi connectivity index (χ3v) is 7.06. The van der Waals surface area contributed by atoms with Crippen molar-refractivity contribution >= 4 is 44.8 Å². The van der Waals surface area contributed by atoms with Crippen LogP contribution in [0.2, 0.25) is 0 Å². The first kappa shape index (κ1) is 28.8. The number of sulfonamides is 1. The molecule has 0 aliphatic heterocycles. The number of hydrogen-bond donors (Lipinski definition) is 3. The molecule has 0 fully saturated rings. The lowest BCUT2D eigenvalue weighted by molar-refractivity contribution is -0.120. The molecular formula is C26H31N5O5S2. The molecule has 0 radical (unpaired) electrons. The Bertz CT molecular complexity index is 1360. The molecule has 1 aromatic heterocycles. The summed E-state index contributed by atoms with van der Waals surface area (Å²) in [6.07, 6.45) is 0.981. The van der Waals surface area contributed by atoms with Gasteiger partial charge in [-0.15, -0.1) is 0 Å². The molecule has 0 aliphatic carbocycles. The number of nitrogens with one attached hydrogen (secondary N) is 3. The summed E-state index contributed by atoms with van der Waals surface area (Å²) in [6, 6.07) is 15.1. The van der Waals surface area contributed by atoms with Crippen molar-refractivity contribution in [3.63, 3.8) is 0 Å². The number of thiocarbonyl (C=S) groups is 1. The van der Waals surface area contributed by atoms with Gasteiger partial charge in [0.2, 0.25) is 11.8 Å². The first-order valence-electron chi connectivity index (χ1n) is 11.8. The molecule has 202 valence electrons. The normalized spacial score (nSPS) is 11.9. The molecule has 1 unspecified atom stereocenters. The van der Waals surface area contributed by atoms with Crippen molar-refractivity contribution in [3.05, 3.63) is 65.7 Å². The van der Waals surface area contributed by atoms with Gasteiger partial charge in [0.15, 0.2) is 10.9 Å². The molecule has 0 saturated carbocycles. The summed E-state index contributed by atoms with van der Waals surface area (Å²) >= 11 is 5.28. The van der Waals surface area contributed by atoms with Gasteiger partial charge in [0.1, 0.15) is 0 Å². The van der Waals surface area contributed by atoms with Crippen LogP contribution in [0.25, 0.3) is 0 Å². The van der Waals surface area contributed by atoms with Crippen molar-refractivity contribution in [2.45, 2.75) is 38.0 Å². The second-order valence-corrected chi connectivity index (χ2v) is 11.0. The molecule has 3 N–H and O–H groups in total. The quantitative estimate of drug-likeness (QED) is 0.315. The number of nitrogens with zero attached hydrogens (tertiary/aromatic N) is 2. The number of benzene rings is 2. The van der Waals surface area contributed by atoms with Crippen LogP contribution in [0.5, 0.6) is 11.9 Å². The number of hydrogen-bond acceptors (Lipinski definition) is 8. The highest BCUT2D eigenvalue weighted by atomic mass is 32.2. The van der Waals surface area contributed by atoms with Crippen LogP contribution >= 0.6 is 12.2 Å². The van der Waals surface area contributed by atoms with E-state index in [2.05, 4.69) is 39.2 Å². The van der Waals surface area contributed by atoms with Gasteiger partial charge in [0.25, 0.3) is 10.0 Å². The number of ether oxygens (including phenoxy) is 2. The molecule has 1 atom stereocenters. The van der Waals surface area contributed by atoms with E-state index < -0.39 is 15.9 Å². The van der Waals surface area contributed by atoms with E-state index in [9.17, 15) is 13.2 Å². The predicted octanol–water partition coefficient (Wildman–Crippen LogP) is 4.11. The van der Waals surface area contributed by atoms with Crippen LogP contribution in [0, 0.1) is 5.92 Å². The van der Waals surface area contributed by atoms with Crippen molar-refractivity contribution in [2.24, 2.45) is 5.92 Å². The molecular weight excluding hydrogens is 526 g/mol. The Morgan fingerprint density at radius 1 is 0.974 bits per heavy atom. The van der Waals surface area contributed by atoms with Crippen LogP contribution in [0.3, 0.4) is 0 Å². The van der Waals surface area contributed by atoms with Crippen LogP contribution in [-0.2, 0) is 21.2 Å². The topological polar surface area (TPSA) is 132 Å². The van der Waals surface area contributed by atoms with Crippen molar-refractivity contribution in [1.29, 1.82) is 0 Å². The Morgan fingerprint density at radius 3 is 2.21 bits per heavy atom. The van der Waals surface area contributed by atoms with E-state index in [1.807, 2.05) is 31.2 Å². The molecule has 12 heteroatoms. The average Bonchev–Trinajstić information content (AvgIpc) is 2.88. The van der Waals surface area contributed by atoms with Crippen LogP contribution in [-0.4, -0.2) is 43.6 Å². The summed E-state index contributed by atoms with van der Waals surface area (Å²) in [6.45, 7) is 6.14. The van der Waals surface area contributed by atoms with E-state index in [0.717, 1.165) is 12.0 Å². The smallest absolute Gasteiger partial charge is 0.321 e. The van der Waals surface area contributed by atoms with E-state index in [0.29, 0.717) is 11.6 Å². The summed E-state index contributed by atoms with van der Waals surface area (Å²) < 4.78 is 38.0. The Hall–Kier alpha value is -3.77. The maximum atomic E-state index is 12.8. The largest absolute Gasteiger partial charge is 0.481 e. The third-order valence-electron chi connectivity index (χ3n) is 5.49. The molecule has 0 bridgehead atoms. The van der Waals surface area contributed by atoms with Gasteiger partial charge in [0, 0.05) is 11.8 Å². The minimum Gasteiger partial charge on any atom is -0.481 e. The number of amides is 1. The third kappa shape index (κ3) is 7.86. The Labute approximate surface area is 228 Å². The van der Waals surface area contributed by atoms with Crippen molar-refractivity contribution in [1.82, 2.24) is 15.3 Å². The molecule has 10 nitrogen and oxygen atoms in total. The zero-order valence-electron chi connectivity index (χ0n) is 21.8. The second-order valence-electron chi connectivity index (χ2n) is 8.92. The lowest BCUT2D eigenvalue weighted by Crippen LogP contribution is -2.36. The van der Waals surface area contributed by atoms with Gasteiger partial charge in [0.05, 0.1) is 25.0 Å². The van der Waals surface area contributed by atoms with E-state index in [1.54, 1.807) is 0 Å². The fourth-order valence-corrected chi connectivity index (χ4v) is 4.72. The maximum absolute atomic E-state index is 12.8. The van der Waals surface area contributed by atoms with Gasteiger partial charge in [-0.2, -0.15) is 9.97 Å². The van der Waals surface area contributed by atoms with Crippen molar-refractivity contribution in [2.75, 3.05) is 24.3 Å². The predicted molar refractivity (Wildman–Crippen MR) is 150 cm³/mol. The fourth-order valence-electron chi connectivity index (χ4n) is 3.51. The Morgan fingerprint density at radius 2 is 1.63 bits per heavy atom. The van der Waals surface area contributed by atoms with Gasteiger partial charge in [-0.25, -0.2) is 8.42 Å². The van der Waals surface area contributed by atoms with Gasteiger partial charge in [-0.1, -0.05) is 38.1 Å². The lowest BCUT2D eigenvalue weighted by atomic mass is 9.96. The monoisotopic (exact) mass is 557 g/mol. The molecule has 1 heterocycles. The van der Waals surface area contributed by atoms with Crippen LogP contribution in [0.4, 0.5) is 11.5 Å². The van der Waals surface area contributed by atoms with Crippen LogP contribution < -0.4 is 24.8 Å². The second kappa shape index (κ2) is 12.7. The summed E-state index contributed by atoms with van der Waals surface area (Å²) in [5.74, 6) is 0.0337. The molecule has 2 aromatic carbocycles. The summed E-state index contributed by atoms with van der Waals surface area (Å²) in [4.78, 5) is 20.6. The number of carbonyl (C=O) groups excluding carboxylic acids is 1. The molecule has 3 rings (SSSR count). The van der Waals surface area contributed by atoms with Crippen molar-refractivity contribution in [3.8, 4) is 11.9 Å². The fraction of sp³-hybridized carbons (Fsp3) is 0.308. The van der Waals surface area contributed by atoms with Gasteiger partial charge in [-0.3, -0.25) is 9.52 Å². The maximum Gasteiger partial charge on any atom is 0.321 e. The SMILES string of the molecule is COc1cc(NS(=O)(=O)c2ccc(NC(=S)NC(=O)C(C)c3ccc(CC(C)C)cc3)cc2)nc(OC)n1. The number of carbonyl (C=O) groups is 1. The summed E-state index contributed by atoms with van der Waals surface area (Å²) in [7, 11) is -1.21.